The van der Waals surface area contributed by atoms with E-state index in [-0.39, 0.29) is 81.9 Å². The summed E-state index contributed by atoms with van der Waals surface area (Å²) in [6, 6.07) is 11.4. The molecule has 166 valence electrons. The van der Waals surface area contributed by atoms with Crippen LogP contribution in [0.5, 0.6) is 11.5 Å². The second-order valence-corrected chi connectivity index (χ2v) is 8.93. The number of hydrogen-bond donors (Lipinski definition) is 2. The Morgan fingerprint density at radius 2 is 1.21 bits per heavy atom. The van der Waals surface area contributed by atoms with E-state index in [4.69, 9.17) is 4.55 Å². The monoisotopic (exact) mass is 522 g/mol. The number of aromatic hydroxyl groups is 1. The summed E-state index contributed by atoms with van der Waals surface area (Å²) in [7, 11) is -9.15. The van der Waals surface area contributed by atoms with E-state index in [9.17, 15) is 31.6 Å². The van der Waals surface area contributed by atoms with E-state index in [1.807, 2.05) is 0 Å². The zero-order valence-electron chi connectivity index (χ0n) is 17.7. The van der Waals surface area contributed by atoms with Gasteiger partial charge in [-0.25, -0.2) is 8.42 Å². The molecule has 0 saturated carbocycles. The largest absolute Gasteiger partial charge is 1.00 e. The number of benzene rings is 3. The topological polar surface area (TPSA) is 204 Å². The Hall–Kier alpha value is -1.72. The first-order valence-electron chi connectivity index (χ1n) is 8.44. The third kappa shape index (κ3) is 8.20. The summed E-state index contributed by atoms with van der Waals surface area (Å²) in [6.07, 6.45) is 0. The van der Waals surface area contributed by atoms with Gasteiger partial charge in [0, 0.05) is 0 Å². The average molecular weight is 522 g/mol. The van der Waals surface area contributed by atoms with Crippen molar-refractivity contribution in [2.45, 2.75) is 9.79 Å². The summed E-state index contributed by atoms with van der Waals surface area (Å²) >= 11 is 0. The third-order valence-corrected chi connectivity index (χ3v) is 5.51. The van der Waals surface area contributed by atoms with Crippen LogP contribution in [0.25, 0.3) is 0 Å². The van der Waals surface area contributed by atoms with Crippen LogP contribution < -0.4 is 64.2 Å². The summed E-state index contributed by atoms with van der Waals surface area (Å²) in [4.78, 5) is -0.937. The van der Waals surface area contributed by atoms with Gasteiger partial charge in [0.05, 0.1) is 26.9 Å². The fraction of sp³-hybridized carbons (Fsp3) is 0. The normalized spacial score (nSPS) is 11.8. The minimum absolute atomic E-state index is 0. The molecule has 3 rings (SSSR count). The van der Waals surface area contributed by atoms with Gasteiger partial charge >= 0.3 is 59.1 Å². The molecule has 0 radical (unpaired) electrons. The molecule has 16 heteroatoms. The molecule has 0 spiro atoms. The van der Waals surface area contributed by atoms with Crippen molar-refractivity contribution in [3.63, 3.8) is 0 Å². The second kappa shape index (κ2) is 12.3. The minimum Gasteiger partial charge on any atom is -0.871 e. The molecular weight excluding hydrogens is 510 g/mol. The fourth-order valence-corrected chi connectivity index (χ4v) is 3.37. The van der Waals surface area contributed by atoms with Crippen molar-refractivity contribution < 1.29 is 95.3 Å². The number of azo groups is 2. The van der Waals surface area contributed by atoms with Gasteiger partial charge in [0.2, 0.25) is 0 Å². The molecule has 3 aromatic carbocycles. The van der Waals surface area contributed by atoms with E-state index in [0.29, 0.717) is 0 Å². The van der Waals surface area contributed by atoms with Crippen LogP contribution in [0.1, 0.15) is 0 Å². The van der Waals surface area contributed by atoms with Crippen molar-refractivity contribution in [2.24, 2.45) is 20.5 Å². The first-order chi connectivity index (χ1) is 14.9. The standard InChI is InChI=1S/C18H14N4O8S2.2Na/c23-17-10-18(24)16(22-20-12-4-2-6-14(8-12)32(28,29)30)9-15(17)21-19-11-3-1-5-13(7-11)31(25,26)27;;/h1-10,23-24H,(H,25,26,27)(H,28,29,30);;/q;2*+1/p-2. The SMILES string of the molecule is O=S(=O)([O-])c1cccc(N=Nc2cc(N=Nc3cccc(S(=O)(=O)O)c3)c(O)cc2[O-])c1.[Na+].[Na+]. The number of rotatable bonds is 6. The van der Waals surface area contributed by atoms with Crippen LogP contribution in [0.2, 0.25) is 0 Å². The molecule has 0 aliphatic carbocycles. The van der Waals surface area contributed by atoms with Crippen molar-refractivity contribution in [3.05, 3.63) is 60.7 Å². The number of phenols is 1. The van der Waals surface area contributed by atoms with Gasteiger partial charge in [-0.3, -0.25) is 4.55 Å². The second-order valence-electron chi connectivity index (χ2n) is 6.13. The molecule has 0 heterocycles. The van der Waals surface area contributed by atoms with Crippen LogP contribution in [0.15, 0.2) is 90.9 Å². The quantitative estimate of drug-likeness (QED) is 0.200. The van der Waals surface area contributed by atoms with Gasteiger partial charge in [0.25, 0.3) is 10.1 Å². The van der Waals surface area contributed by atoms with Crippen LogP contribution in [-0.4, -0.2) is 31.0 Å². The van der Waals surface area contributed by atoms with Gasteiger partial charge in [0.1, 0.15) is 21.6 Å². The maximum Gasteiger partial charge on any atom is 1.00 e. The smallest absolute Gasteiger partial charge is 0.871 e. The Labute approximate surface area is 238 Å². The molecule has 2 N–H and O–H groups in total. The zero-order chi connectivity index (χ0) is 23.5. The van der Waals surface area contributed by atoms with Gasteiger partial charge in [-0.05, 0) is 48.5 Å². The zero-order valence-corrected chi connectivity index (χ0v) is 23.4. The van der Waals surface area contributed by atoms with Crippen molar-refractivity contribution >= 4 is 43.0 Å². The third-order valence-electron chi connectivity index (χ3n) is 3.82. The average Bonchev–Trinajstić information content (AvgIpc) is 2.71. The predicted octanol–water partition coefficient (Wildman–Crippen LogP) is -2.54. The predicted molar refractivity (Wildman–Crippen MR) is 107 cm³/mol. The van der Waals surface area contributed by atoms with Crippen LogP contribution in [0.4, 0.5) is 22.7 Å². The van der Waals surface area contributed by atoms with Crippen molar-refractivity contribution in [3.8, 4) is 11.5 Å². The fourth-order valence-electron chi connectivity index (χ4n) is 2.34. The van der Waals surface area contributed by atoms with Gasteiger partial charge in [-0.1, -0.05) is 17.9 Å². The summed E-state index contributed by atoms with van der Waals surface area (Å²) in [6.45, 7) is 0. The van der Waals surface area contributed by atoms with Crippen LogP contribution >= 0.6 is 0 Å². The first kappa shape index (κ1) is 30.3. The summed E-state index contributed by atoms with van der Waals surface area (Å²) in [5.41, 5.74) is -0.463. The molecule has 0 aliphatic heterocycles. The molecular formula is C18H12N4Na2O8S2. The van der Waals surface area contributed by atoms with Crippen molar-refractivity contribution in [1.29, 1.82) is 0 Å². The minimum atomic E-state index is -4.70. The van der Waals surface area contributed by atoms with Crippen LogP contribution in [0.3, 0.4) is 0 Å². The Balaban J connectivity index is 0.00000289. The molecule has 0 saturated heterocycles. The summed E-state index contributed by atoms with van der Waals surface area (Å²) in [5.74, 6) is -1.27. The molecule has 12 nitrogen and oxygen atoms in total. The Morgan fingerprint density at radius 3 is 1.74 bits per heavy atom. The van der Waals surface area contributed by atoms with Crippen LogP contribution in [0, 0.1) is 0 Å². The Bertz CT molecular complexity index is 1360. The molecule has 34 heavy (non-hydrogen) atoms. The molecule has 0 aromatic heterocycles. The van der Waals surface area contributed by atoms with E-state index in [1.165, 1.54) is 24.3 Å². The van der Waals surface area contributed by atoms with Crippen molar-refractivity contribution in [2.75, 3.05) is 0 Å². The molecule has 3 aromatic rings. The van der Waals surface area contributed by atoms with Gasteiger partial charge < -0.3 is 14.8 Å². The molecule has 0 bridgehead atoms. The number of nitrogens with zero attached hydrogens (tertiary/aromatic N) is 4. The van der Waals surface area contributed by atoms with Gasteiger partial charge in [-0.15, -0.1) is 5.11 Å². The van der Waals surface area contributed by atoms with Gasteiger partial charge in [-0.2, -0.15) is 23.8 Å². The molecule has 0 atom stereocenters. The summed E-state index contributed by atoms with van der Waals surface area (Å²) in [5, 5.41) is 36.9. The van der Waals surface area contributed by atoms with E-state index in [2.05, 4.69) is 20.5 Å². The number of phenolic OH excluding ortho intramolecular Hbond substituents is 1. The van der Waals surface area contributed by atoms with Crippen LogP contribution in [-0.2, 0) is 20.2 Å². The molecule has 0 aliphatic rings. The van der Waals surface area contributed by atoms with E-state index in [1.54, 1.807) is 0 Å². The molecule has 0 unspecified atom stereocenters. The first-order valence-corrected chi connectivity index (χ1v) is 11.3. The maximum absolute atomic E-state index is 12.0. The van der Waals surface area contributed by atoms with E-state index >= 15 is 0 Å². The Morgan fingerprint density at radius 1 is 0.706 bits per heavy atom. The van der Waals surface area contributed by atoms with E-state index in [0.717, 1.165) is 36.4 Å². The van der Waals surface area contributed by atoms with Crippen molar-refractivity contribution in [1.82, 2.24) is 0 Å². The maximum atomic E-state index is 12.0. The molecule has 0 amide bonds. The Kier molecular flexibility index (Phi) is 11.0. The van der Waals surface area contributed by atoms with Gasteiger partial charge in [0.15, 0.2) is 0 Å². The van der Waals surface area contributed by atoms with E-state index < -0.39 is 41.5 Å². The number of hydrogen-bond acceptors (Lipinski definition) is 11. The summed E-state index contributed by atoms with van der Waals surface area (Å²) < 4.78 is 64.7. The molecule has 0 fully saturated rings.